The summed E-state index contributed by atoms with van der Waals surface area (Å²) in [5, 5.41) is 19.9. The van der Waals surface area contributed by atoms with E-state index in [0.717, 1.165) is 12.1 Å². The number of amides is 1. The summed E-state index contributed by atoms with van der Waals surface area (Å²) in [7, 11) is 0. The van der Waals surface area contributed by atoms with Gasteiger partial charge in [-0.3, -0.25) is 5.32 Å². The van der Waals surface area contributed by atoms with Crippen molar-refractivity contribution in [3.8, 4) is 0 Å². The van der Waals surface area contributed by atoms with Gasteiger partial charge in [0.1, 0.15) is 5.60 Å². The SMILES string of the molecule is CC(C)(C)OC(=O)Nc1cc(C(=O)O)nc(C(=O)O)c1. The summed E-state index contributed by atoms with van der Waals surface area (Å²) in [6.07, 6.45) is -0.823. The van der Waals surface area contributed by atoms with Crippen LogP contribution in [0.2, 0.25) is 0 Å². The smallest absolute Gasteiger partial charge is 0.412 e. The molecule has 8 heteroatoms. The standard InChI is InChI=1S/C12H14N2O6/c1-12(2,3)20-11(19)13-6-4-7(9(15)16)14-8(5-6)10(17)18/h4-5H,1-3H3,(H,15,16)(H,17,18)(H,13,14,19). The monoisotopic (exact) mass is 282 g/mol. The molecule has 0 aliphatic rings. The maximum Gasteiger partial charge on any atom is 0.412 e. The van der Waals surface area contributed by atoms with Gasteiger partial charge in [0, 0.05) is 5.69 Å². The van der Waals surface area contributed by atoms with Crippen molar-refractivity contribution < 1.29 is 29.3 Å². The Morgan fingerprint density at radius 1 is 1.10 bits per heavy atom. The Balaban J connectivity index is 3.03. The van der Waals surface area contributed by atoms with Gasteiger partial charge in [-0.25, -0.2) is 19.4 Å². The van der Waals surface area contributed by atoms with Gasteiger partial charge in [-0.15, -0.1) is 0 Å². The maximum absolute atomic E-state index is 11.5. The third-order valence-electron chi connectivity index (χ3n) is 1.91. The molecular formula is C12H14N2O6. The van der Waals surface area contributed by atoms with Crippen LogP contribution in [0.5, 0.6) is 0 Å². The minimum Gasteiger partial charge on any atom is -0.477 e. The molecule has 0 aliphatic heterocycles. The average molecular weight is 282 g/mol. The molecular weight excluding hydrogens is 268 g/mol. The molecule has 8 nitrogen and oxygen atoms in total. The summed E-state index contributed by atoms with van der Waals surface area (Å²) in [5.41, 5.74) is -1.74. The van der Waals surface area contributed by atoms with E-state index in [0.29, 0.717) is 0 Å². The first-order valence-corrected chi connectivity index (χ1v) is 5.57. The first-order valence-electron chi connectivity index (χ1n) is 5.57. The molecule has 108 valence electrons. The number of carboxylic acids is 2. The summed E-state index contributed by atoms with van der Waals surface area (Å²) in [4.78, 5) is 36.7. The van der Waals surface area contributed by atoms with Crippen molar-refractivity contribution >= 4 is 23.7 Å². The second-order valence-electron chi connectivity index (χ2n) is 4.86. The Morgan fingerprint density at radius 2 is 1.55 bits per heavy atom. The number of aromatic carboxylic acids is 2. The molecule has 0 atom stereocenters. The third kappa shape index (κ3) is 4.56. The van der Waals surface area contributed by atoms with Crippen LogP contribution in [0.1, 0.15) is 41.7 Å². The van der Waals surface area contributed by atoms with Crippen LogP contribution in [-0.2, 0) is 4.74 Å². The number of aromatic nitrogens is 1. The number of hydrogen-bond acceptors (Lipinski definition) is 5. The zero-order valence-corrected chi connectivity index (χ0v) is 11.1. The van der Waals surface area contributed by atoms with Crippen molar-refractivity contribution in [2.24, 2.45) is 0 Å². The molecule has 0 saturated heterocycles. The lowest BCUT2D eigenvalue weighted by atomic mass is 10.2. The molecule has 1 aromatic rings. The van der Waals surface area contributed by atoms with Crippen molar-refractivity contribution in [3.05, 3.63) is 23.5 Å². The number of ether oxygens (including phenoxy) is 1. The highest BCUT2D eigenvalue weighted by Gasteiger charge is 2.18. The lowest BCUT2D eigenvalue weighted by Crippen LogP contribution is -2.27. The number of nitrogens with zero attached hydrogens (tertiary/aromatic N) is 1. The normalized spacial score (nSPS) is 10.8. The Hall–Kier alpha value is -2.64. The fourth-order valence-electron chi connectivity index (χ4n) is 1.24. The van der Waals surface area contributed by atoms with Gasteiger partial charge in [-0.2, -0.15) is 0 Å². The van der Waals surface area contributed by atoms with E-state index in [1.54, 1.807) is 20.8 Å². The number of nitrogens with one attached hydrogen (secondary N) is 1. The van der Waals surface area contributed by atoms with E-state index in [2.05, 4.69) is 10.3 Å². The highest BCUT2D eigenvalue weighted by molar-refractivity contribution is 5.94. The summed E-state index contributed by atoms with van der Waals surface area (Å²) in [6, 6.07) is 2.08. The van der Waals surface area contributed by atoms with Crippen LogP contribution < -0.4 is 5.32 Å². The number of hydrogen-bond donors (Lipinski definition) is 3. The Labute approximate surface area is 114 Å². The predicted molar refractivity (Wildman–Crippen MR) is 68.0 cm³/mol. The molecule has 0 spiro atoms. The first-order chi connectivity index (χ1) is 9.08. The van der Waals surface area contributed by atoms with Gasteiger partial charge in [0.15, 0.2) is 11.4 Å². The van der Waals surface area contributed by atoms with Crippen molar-refractivity contribution in [3.63, 3.8) is 0 Å². The van der Waals surface area contributed by atoms with Crippen LogP contribution in [0, 0.1) is 0 Å². The minimum atomic E-state index is -1.40. The van der Waals surface area contributed by atoms with Crippen molar-refractivity contribution in [2.75, 3.05) is 5.32 Å². The third-order valence-corrected chi connectivity index (χ3v) is 1.91. The van der Waals surface area contributed by atoms with E-state index in [9.17, 15) is 14.4 Å². The topological polar surface area (TPSA) is 126 Å². The number of anilines is 1. The van der Waals surface area contributed by atoms with Gasteiger partial charge in [-0.1, -0.05) is 0 Å². The Kier molecular flexibility index (Phi) is 4.28. The fourth-order valence-corrected chi connectivity index (χ4v) is 1.24. The molecule has 0 saturated carbocycles. The van der Waals surface area contributed by atoms with Crippen LogP contribution in [-0.4, -0.2) is 38.8 Å². The number of carboxylic acid groups (broad SMARTS) is 2. The molecule has 0 aliphatic carbocycles. The van der Waals surface area contributed by atoms with Crippen LogP contribution in [0.25, 0.3) is 0 Å². The van der Waals surface area contributed by atoms with Gasteiger partial charge >= 0.3 is 18.0 Å². The lowest BCUT2D eigenvalue weighted by molar-refractivity contribution is 0.0628. The van der Waals surface area contributed by atoms with Crippen molar-refractivity contribution in [1.29, 1.82) is 0 Å². The zero-order chi connectivity index (χ0) is 15.5. The average Bonchev–Trinajstić information content (AvgIpc) is 2.25. The summed E-state index contributed by atoms with van der Waals surface area (Å²) < 4.78 is 4.98. The first kappa shape index (κ1) is 15.4. The molecule has 1 aromatic heterocycles. The number of carbonyl (C=O) groups is 3. The zero-order valence-electron chi connectivity index (χ0n) is 11.1. The van der Waals surface area contributed by atoms with Crippen molar-refractivity contribution in [1.82, 2.24) is 4.98 Å². The fraction of sp³-hybridized carbons (Fsp3) is 0.333. The molecule has 1 rings (SSSR count). The molecule has 20 heavy (non-hydrogen) atoms. The summed E-state index contributed by atoms with van der Waals surface area (Å²) in [5.74, 6) is -2.80. The van der Waals surface area contributed by atoms with Gasteiger partial charge in [0.05, 0.1) is 0 Å². The molecule has 0 bridgehead atoms. The quantitative estimate of drug-likeness (QED) is 0.771. The summed E-state index contributed by atoms with van der Waals surface area (Å²) in [6.45, 7) is 4.97. The maximum atomic E-state index is 11.5. The van der Waals surface area contributed by atoms with Crippen LogP contribution in [0.15, 0.2) is 12.1 Å². The summed E-state index contributed by atoms with van der Waals surface area (Å²) >= 11 is 0. The molecule has 0 unspecified atom stereocenters. The number of carbonyl (C=O) groups excluding carboxylic acids is 1. The van der Waals surface area contributed by atoms with E-state index < -0.39 is 35.0 Å². The van der Waals surface area contributed by atoms with E-state index in [-0.39, 0.29) is 5.69 Å². The van der Waals surface area contributed by atoms with Gasteiger partial charge in [0.2, 0.25) is 0 Å². The molecule has 3 N–H and O–H groups in total. The molecule has 0 fully saturated rings. The van der Waals surface area contributed by atoms with Gasteiger partial charge in [0.25, 0.3) is 0 Å². The number of pyridine rings is 1. The van der Waals surface area contributed by atoms with E-state index in [1.807, 2.05) is 0 Å². The van der Waals surface area contributed by atoms with Crippen LogP contribution in [0.3, 0.4) is 0 Å². The minimum absolute atomic E-state index is 0.0240. The molecule has 1 amide bonds. The molecule has 0 radical (unpaired) electrons. The number of rotatable bonds is 3. The van der Waals surface area contributed by atoms with E-state index in [4.69, 9.17) is 14.9 Å². The van der Waals surface area contributed by atoms with Crippen LogP contribution >= 0.6 is 0 Å². The predicted octanol–water partition coefficient (Wildman–Crippen LogP) is 1.82. The second-order valence-corrected chi connectivity index (χ2v) is 4.86. The van der Waals surface area contributed by atoms with Gasteiger partial charge in [-0.05, 0) is 32.9 Å². The second kappa shape index (κ2) is 5.55. The molecule has 1 heterocycles. The van der Waals surface area contributed by atoms with Crippen LogP contribution in [0.4, 0.5) is 10.5 Å². The largest absolute Gasteiger partial charge is 0.477 e. The van der Waals surface area contributed by atoms with Gasteiger partial charge < -0.3 is 14.9 Å². The molecule has 0 aromatic carbocycles. The highest BCUT2D eigenvalue weighted by atomic mass is 16.6. The lowest BCUT2D eigenvalue weighted by Gasteiger charge is -2.19. The van der Waals surface area contributed by atoms with Crippen molar-refractivity contribution in [2.45, 2.75) is 26.4 Å². The van der Waals surface area contributed by atoms with E-state index >= 15 is 0 Å². The Morgan fingerprint density at radius 3 is 1.90 bits per heavy atom. The Bertz CT molecular complexity index is 529. The highest BCUT2D eigenvalue weighted by Crippen LogP contribution is 2.14. The van der Waals surface area contributed by atoms with E-state index in [1.165, 1.54) is 0 Å².